The molecule has 0 fully saturated rings. The Bertz CT molecular complexity index is 734. The first-order valence-corrected chi connectivity index (χ1v) is 15.2. The van der Waals surface area contributed by atoms with Crippen molar-refractivity contribution in [3.8, 4) is 0 Å². The van der Waals surface area contributed by atoms with Crippen molar-refractivity contribution < 1.29 is 19.1 Å². The van der Waals surface area contributed by atoms with Gasteiger partial charge in [0.15, 0.2) is 0 Å². The molecule has 0 saturated carbocycles. The van der Waals surface area contributed by atoms with Gasteiger partial charge in [-0.15, -0.1) is 0 Å². The number of carbonyl (C=O) groups excluding carboxylic acids is 2. The molecular formula is C33H56O4. The van der Waals surface area contributed by atoms with E-state index in [9.17, 15) is 9.59 Å². The number of esters is 2. The molecule has 1 aromatic carbocycles. The molecule has 212 valence electrons. The molecule has 0 N–H and O–H groups in total. The molecule has 0 aliphatic heterocycles. The smallest absolute Gasteiger partial charge is 0.339 e. The minimum Gasteiger partial charge on any atom is -0.462 e. The molecule has 0 amide bonds. The van der Waals surface area contributed by atoms with Gasteiger partial charge in [-0.1, -0.05) is 136 Å². The molecule has 4 nitrogen and oxygen atoms in total. The van der Waals surface area contributed by atoms with Gasteiger partial charge in [0, 0.05) is 0 Å². The van der Waals surface area contributed by atoms with Crippen LogP contribution in [0.3, 0.4) is 0 Å². The molecule has 0 aromatic heterocycles. The lowest BCUT2D eigenvalue weighted by atomic mass is 9.90. The van der Waals surface area contributed by atoms with Crippen LogP contribution in [0.1, 0.15) is 164 Å². The molecule has 0 heterocycles. The number of carbonyl (C=O) groups is 2. The lowest BCUT2D eigenvalue weighted by Gasteiger charge is -2.23. The number of unbranched alkanes of at least 4 members (excludes halogenated alkanes) is 15. The van der Waals surface area contributed by atoms with E-state index in [1.807, 2.05) is 6.92 Å². The number of hydrogen-bond donors (Lipinski definition) is 0. The fourth-order valence-electron chi connectivity index (χ4n) is 4.88. The van der Waals surface area contributed by atoms with Crippen molar-refractivity contribution >= 4 is 11.9 Å². The topological polar surface area (TPSA) is 52.6 Å². The molecule has 1 unspecified atom stereocenters. The molecule has 4 heteroatoms. The van der Waals surface area contributed by atoms with Crippen LogP contribution < -0.4 is 0 Å². The molecule has 0 aliphatic rings. The third-order valence-electron chi connectivity index (χ3n) is 6.81. The molecule has 0 bridgehead atoms. The van der Waals surface area contributed by atoms with Crippen LogP contribution in [-0.2, 0) is 9.47 Å². The Morgan fingerprint density at radius 3 is 1.51 bits per heavy atom. The number of benzene rings is 1. The maximum absolute atomic E-state index is 12.7. The van der Waals surface area contributed by atoms with Gasteiger partial charge in [-0.25, -0.2) is 9.59 Å². The van der Waals surface area contributed by atoms with E-state index in [0.29, 0.717) is 6.61 Å². The number of hydrogen-bond acceptors (Lipinski definition) is 4. The van der Waals surface area contributed by atoms with E-state index in [1.54, 1.807) is 24.3 Å². The standard InChI is InChI=1S/C33H56O4/c1-6-7-8-9-10-11-12-13-14-15-16-17-18-19-20-23-26-36-31(34)29-24-21-22-25-30(29)32(35)37-28(2)27-33(3,4)5/h21-22,24-25,28H,6-20,23,26-27H2,1-5H3. The maximum atomic E-state index is 12.7. The average Bonchev–Trinajstić information content (AvgIpc) is 2.84. The van der Waals surface area contributed by atoms with Crippen molar-refractivity contribution in [3.05, 3.63) is 35.4 Å². The zero-order valence-electron chi connectivity index (χ0n) is 24.7. The van der Waals surface area contributed by atoms with Gasteiger partial charge >= 0.3 is 11.9 Å². The summed E-state index contributed by atoms with van der Waals surface area (Å²) in [6, 6.07) is 6.77. The summed E-state index contributed by atoms with van der Waals surface area (Å²) in [5.74, 6) is -0.913. The summed E-state index contributed by atoms with van der Waals surface area (Å²) in [7, 11) is 0. The van der Waals surface area contributed by atoms with E-state index in [1.165, 1.54) is 89.9 Å². The summed E-state index contributed by atoms with van der Waals surface area (Å²) in [5.41, 5.74) is 0.623. The molecule has 1 atom stereocenters. The number of rotatable bonds is 21. The largest absolute Gasteiger partial charge is 0.462 e. The minimum atomic E-state index is -0.466. The van der Waals surface area contributed by atoms with Gasteiger partial charge in [0.05, 0.1) is 23.8 Å². The van der Waals surface area contributed by atoms with E-state index in [2.05, 4.69) is 27.7 Å². The van der Waals surface area contributed by atoms with Crippen molar-refractivity contribution in [2.45, 2.75) is 150 Å². The highest BCUT2D eigenvalue weighted by molar-refractivity contribution is 6.03. The molecule has 0 spiro atoms. The second kappa shape index (κ2) is 20.2. The van der Waals surface area contributed by atoms with Crippen LogP contribution in [-0.4, -0.2) is 24.6 Å². The Morgan fingerprint density at radius 1 is 0.676 bits per heavy atom. The third kappa shape index (κ3) is 17.3. The molecular weight excluding hydrogens is 460 g/mol. The van der Waals surface area contributed by atoms with Gasteiger partial charge in [0.25, 0.3) is 0 Å². The van der Waals surface area contributed by atoms with Crippen LogP contribution in [0.2, 0.25) is 0 Å². The monoisotopic (exact) mass is 516 g/mol. The Balaban J connectivity index is 2.12. The predicted octanol–water partition coefficient (Wildman–Crippen LogP) is 10.1. The first-order chi connectivity index (χ1) is 17.7. The summed E-state index contributed by atoms with van der Waals surface area (Å²) >= 11 is 0. The summed E-state index contributed by atoms with van der Waals surface area (Å²) in [6.45, 7) is 10.9. The molecule has 1 aromatic rings. The van der Waals surface area contributed by atoms with Gasteiger partial charge in [-0.05, 0) is 37.3 Å². The van der Waals surface area contributed by atoms with Gasteiger partial charge in [-0.3, -0.25) is 0 Å². The van der Waals surface area contributed by atoms with Crippen molar-refractivity contribution in [3.63, 3.8) is 0 Å². The first-order valence-electron chi connectivity index (χ1n) is 15.2. The van der Waals surface area contributed by atoms with Crippen LogP contribution in [0.25, 0.3) is 0 Å². The minimum absolute atomic E-state index is 0.0606. The highest BCUT2D eigenvalue weighted by Gasteiger charge is 2.23. The summed E-state index contributed by atoms with van der Waals surface area (Å²) in [4.78, 5) is 25.3. The Hall–Kier alpha value is -1.84. The maximum Gasteiger partial charge on any atom is 0.339 e. The van der Waals surface area contributed by atoms with Crippen molar-refractivity contribution in [1.29, 1.82) is 0 Å². The van der Waals surface area contributed by atoms with Crippen molar-refractivity contribution in [1.82, 2.24) is 0 Å². The Labute approximate surface area is 228 Å². The number of ether oxygens (including phenoxy) is 2. The van der Waals surface area contributed by atoms with Crippen LogP contribution in [0.5, 0.6) is 0 Å². The highest BCUT2D eigenvalue weighted by Crippen LogP contribution is 2.23. The lowest BCUT2D eigenvalue weighted by Crippen LogP contribution is -2.23. The zero-order chi connectivity index (χ0) is 27.4. The molecule has 0 saturated heterocycles. The van der Waals surface area contributed by atoms with Gasteiger partial charge in [0.2, 0.25) is 0 Å². The fourth-order valence-corrected chi connectivity index (χ4v) is 4.88. The summed E-state index contributed by atoms with van der Waals surface area (Å²) in [5, 5.41) is 0. The van der Waals surface area contributed by atoms with E-state index < -0.39 is 11.9 Å². The lowest BCUT2D eigenvalue weighted by molar-refractivity contribution is 0.0244. The first kappa shape index (κ1) is 33.2. The van der Waals surface area contributed by atoms with Gasteiger partial charge < -0.3 is 9.47 Å². The van der Waals surface area contributed by atoms with E-state index in [-0.39, 0.29) is 22.6 Å². The van der Waals surface area contributed by atoms with E-state index >= 15 is 0 Å². The van der Waals surface area contributed by atoms with Crippen LogP contribution in [0.15, 0.2) is 24.3 Å². The Kier molecular flexibility index (Phi) is 18.1. The molecule has 0 radical (unpaired) electrons. The van der Waals surface area contributed by atoms with Crippen LogP contribution >= 0.6 is 0 Å². The normalized spacial score (nSPS) is 12.4. The van der Waals surface area contributed by atoms with Crippen LogP contribution in [0, 0.1) is 5.41 Å². The SMILES string of the molecule is CCCCCCCCCCCCCCCCCCOC(=O)c1ccccc1C(=O)OC(C)CC(C)(C)C. The Morgan fingerprint density at radius 2 is 1.08 bits per heavy atom. The fraction of sp³-hybridized carbons (Fsp3) is 0.758. The van der Waals surface area contributed by atoms with Crippen LogP contribution in [0.4, 0.5) is 0 Å². The quantitative estimate of drug-likeness (QED) is 0.120. The summed E-state index contributed by atoms with van der Waals surface area (Å²) in [6.07, 6.45) is 21.5. The zero-order valence-corrected chi connectivity index (χ0v) is 24.7. The third-order valence-corrected chi connectivity index (χ3v) is 6.81. The van der Waals surface area contributed by atoms with E-state index in [4.69, 9.17) is 9.47 Å². The van der Waals surface area contributed by atoms with Crippen molar-refractivity contribution in [2.75, 3.05) is 6.61 Å². The summed E-state index contributed by atoms with van der Waals surface area (Å²) < 4.78 is 11.1. The van der Waals surface area contributed by atoms with Crippen molar-refractivity contribution in [2.24, 2.45) is 5.41 Å². The van der Waals surface area contributed by atoms with Gasteiger partial charge in [0.1, 0.15) is 0 Å². The van der Waals surface area contributed by atoms with Gasteiger partial charge in [-0.2, -0.15) is 0 Å². The predicted molar refractivity (Wildman–Crippen MR) is 155 cm³/mol. The molecule has 0 aliphatic carbocycles. The highest BCUT2D eigenvalue weighted by atomic mass is 16.5. The second-order valence-corrected chi connectivity index (χ2v) is 12.0. The molecule has 37 heavy (non-hydrogen) atoms. The average molecular weight is 517 g/mol. The molecule has 1 rings (SSSR count). The second-order valence-electron chi connectivity index (χ2n) is 12.0. The van der Waals surface area contributed by atoms with E-state index in [0.717, 1.165) is 19.3 Å².